The molecule has 3 aromatic carbocycles. The molecule has 0 aliphatic heterocycles. The van der Waals surface area contributed by atoms with Gasteiger partial charge in [0.25, 0.3) is 5.91 Å². The quantitative estimate of drug-likeness (QED) is 0.419. The number of nitrogens with one attached hydrogen (secondary N) is 2. The zero-order chi connectivity index (χ0) is 22.2. The van der Waals surface area contributed by atoms with Gasteiger partial charge in [0, 0.05) is 40.2 Å². The Morgan fingerprint density at radius 2 is 1.66 bits per heavy atom. The number of hydrogen-bond acceptors (Lipinski definition) is 4. The molecule has 1 heterocycles. The van der Waals surface area contributed by atoms with Crippen molar-refractivity contribution in [3.05, 3.63) is 95.2 Å². The summed E-state index contributed by atoms with van der Waals surface area (Å²) >= 11 is 0. The fraction of sp³-hybridized carbons (Fsp3) is 0.115. The number of carbonyl (C=O) groups is 3. The molecule has 1 aliphatic carbocycles. The molecule has 158 valence electrons. The van der Waals surface area contributed by atoms with Gasteiger partial charge in [-0.1, -0.05) is 48.5 Å². The number of methoxy groups -OCH3 is 1. The monoisotopic (exact) mass is 424 g/mol. The predicted octanol–water partition coefficient (Wildman–Crippen LogP) is 3.89. The summed E-state index contributed by atoms with van der Waals surface area (Å²) in [7, 11) is 1.29. The zero-order valence-electron chi connectivity index (χ0n) is 17.3. The third kappa shape index (κ3) is 3.26. The molecule has 2 N–H and O–H groups in total. The normalized spacial score (nSPS) is 12.8. The number of amides is 1. The van der Waals surface area contributed by atoms with Crippen LogP contribution in [0.4, 0.5) is 0 Å². The number of fused-ring (bicyclic) bond motifs is 4. The van der Waals surface area contributed by atoms with Crippen LogP contribution >= 0.6 is 0 Å². The number of para-hydroxylation sites is 1. The standard InChI is InChI=1S/C26H20N2O4/c1-32-26(31)23(13-16-14-27-22-9-5-4-6-17(16)22)28-25(30)15-10-11-19-18-7-2-3-8-20(18)24(29)21(19)12-15/h2-12,14,23,27H,13H2,1H3,(H,28,30)/t23-/m1/s1. The van der Waals surface area contributed by atoms with E-state index in [-0.39, 0.29) is 12.2 Å². The molecule has 6 heteroatoms. The summed E-state index contributed by atoms with van der Waals surface area (Å²) in [6, 6.07) is 19.3. The minimum Gasteiger partial charge on any atom is -0.467 e. The Balaban J connectivity index is 1.41. The molecule has 0 unspecified atom stereocenters. The summed E-state index contributed by atoms with van der Waals surface area (Å²) in [5.74, 6) is -1.08. The van der Waals surface area contributed by atoms with E-state index >= 15 is 0 Å². The number of ketones is 1. The van der Waals surface area contributed by atoms with Crippen LogP contribution in [-0.4, -0.2) is 35.8 Å². The second-order valence-electron chi connectivity index (χ2n) is 7.75. The van der Waals surface area contributed by atoms with Gasteiger partial charge in [0.05, 0.1) is 7.11 Å². The lowest BCUT2D eigenvalue weighted by molar-refractivity contribution is -0.142. The fourth-order valence-corrected chi connectivity index (χ4v) is 4.27. The van der Waals surface area contributed by atoms with Crippen LogP contribution < -0.4 is 5.32 Å². The number of H-pyrrole nitrogens is 1. The van der Waals surface area contributed by atoms with Crippen molar-refractivity contribution in [1.29, 1.82) is 0 Å². The molecule has 1 aliphatic rings. The second-order valence-corrected chi connectivity index (χ2v) is 7.75. The predicted molar refractivity (Wildman–Crippen MR) is 121 cm³/mol. The lowest BCUT2D eigenvalue weighted by atomic mass is 10.0. The van der Waals surface area contributed by atoms with Gasteiger partial charge in [-0.3, -0.25) is 9.59 Å². The molecule has 4 aromatic rings. The molecule has 1 atom stereocenters. The van der Waals surface area contributed by atoms with Crippen LogP contribution in [0.3, 0.4) is 0 Å². The van der Waals surface area contributed by atoms with Gasteiger partial charge < -0.3 is 15.0 Å². The van der Waals surface area contributed by atoms with E-state index < -0.39 is 17.9 Å². The molecule has 6 nitrogen and oxygen atoms in total. The number of carbonyl (C=O) groups excluding carboxylic acids is 3. The highest BCUT2D eigenvalue weighted by Crippen LogP contribution is 2.36. The van der Waals surface area contributed by atoms with E-state index in [0.717, 1.165) is 27.6 Å². The van der Waals surface area contributed by atoms with Crippen LogP contribution in [0.2, 0.25) is 0 Å². The van der Waals surface area contributed by atoms with Crippen molar-refractivity contribution in [3.8, 4) is 11.1 Å². The summed E-state index contributed by atoms with van der Waals surface area (Å²) in [6.07, 6.45) is 2.11. The van der Waals surface area contributed by atoms with Crippen molar-refractivity contribution in [2.24, 2.45) is 0 Å². The zero-order valence-corrected chi connectivity index (χ0v) is 17.3. The summed E-state index contributed by atoms with van der Waals surface area (Å²) < 4.78 is 4.93. The van der Waals surface area contributed by atoms with Crippen LogP contribution in [0.25, 0.3) is 22.0 Å². The highest BCUT2D eigenvalue weighted by molar-refractivity contribution is 6.22. The summed E-state index contributed by atoms with van der Waals surface area (Å²) in [5.41, 5.74) is 4.97. The van der Waals surface area contributed by atoms with Crippen molar-refractivity contribution < 1.29 is 19.1 Å². The summed E-state index contributed by atoms with van der Waals surface area (Å²) in [4.78, 5) is 41.4. The third-order valence-corrected chi connectivity index (χ3v) is 5.88. The van der Waals surface area contributed by atoms with Gasteiger partial charge in [-0.15, -0.1) is 0 Å². The molecule has 0 saturated heterocycles. The van der Waals surface area contributed by atoms with Gasteiger partial charge in [-0.25, -0.2) is 4.79 Å². The second kappa shape index (κ2) is 7.81. The number of aromatic amines is 1. The highest BCUT2D eigenvalue weighted by atomic mass is 16.5. The first-order valence-corrected chi connectivity index (χ1v) is 10.3. The van der Waals surface area contributed by atoms with Crippen molar-refractivity contribution in [3.63, 3.8) is 0 Å². The van der Waals surface area contributed by atoms with E-state index in [2.05, 4.69) is 10.3 Å². The first-order valence-electron chi connectivity index (χ1n) is 10.3. The van der Waals surface area contributed by atoms with Crippen molar-refractivity contribution in [2.45, 2.75) is 12.5 Å². The molecular formula is C26H20N2O4. The third-order valence-electron chi connectivity index (χ3n) is 5.88. The van der Waals surface area contributed by atoms with Crippen molar-refractivity contribution in [2.75, 3.05) is 7.11 Å². The molecule has 32 heavy (non-hydrogen) atoms. The number of rotatable bonds is 5. The Labute approximate surface area is 184 Å². The van der Waals surface area contributed by atoms with E-state index in [4.69, 9.17) is 4.74 Å². The topological polar surface area (TPSA) is 88.3 Å². The van der Waals surface area contributed by atoms with Crippen LogP contribution in [0.15, 0.2) is 72.9 Å². The van der Waals surface area contributed by atoms with E-state index in [1.165, 1.54) is 7.11 Å². The Morgan fingerprint density at radius 3 is 2.47 bits per heavy atom. The summed E-state index contributed by atoms with van der Waals surface area (Å²) in [5, 5.41) is 3.76. The molecule has 0 bridgehead atoms. The van der Waals surface area contributed by atoms with Gasteiger partial charge in [-0.2, -0.15) is 0 Å². The molecular weight excluding hydrogens is 404 g/mol. The van der Waals surface area contributed by atoms with Gasteiger partial charge in [-0.05, 0) is 34.9 Å². The Hall–Kier alpha value is -4.19. The average Bonchev–Trinajstić information content (AvgIpc) is 3.37. The SMILES string of the molecule is COC(=O)[C@@H](Cc1c[nH]c2ccccc12)NC(=O)c1ccc2c(c1)C(=O)c1ccccc1-2. The van der Waals surface area contributed by atoms with Gasteiger partial charge in [0.15, 0.2) is 5.78 Å². The molecule has 0 saturated carbocycles. The maximum absolute atomic E-state index is 13.0. The van der Waals surface area contributed by atoms with Crippen LogP contribution in [0.1, 0.15) is 31.8 Å². The van der Waals surface area contributed by atoms with E-state index in [1.807, 2.05) is 48.7 Å². The lowest BCUT2D eigenvalue weighted by Crippen LogP contribution is -2.43. The number of aromatic nitrogens is 1. The number of benzene rings is 3. The average molecular weight is 424 g/mol. The first-order chi connectivity index (χ1) is 15.6. The molecule has 0 radical (unpaired) electrons. The van der Waals surface area contributed by atoms with Gasteiger partial charge >= 0.3 is 5.97 Å². The molecule has 1 aromatic heterocycles. The minimum atomic E-state index is -0.868. The van der Waals surface area contributed by atoms with E-state index in [1.54, 1.807) is 24.3 Å². The van der Waals surface area contributed by atoms with Gasteiger partial charge in [0.2, 0.25) is 0 Å². The van der Waals surface area contributed by atoms with E-state index in [9.17, 15) is 14.4 Å². The summed E-state index contributed by atoms with van der Waals surface area (Å²) in [6.45, 7) is 0. The maximum atomic E-state index is 13.0. The number of ether oxygens (including phenoxy) is 1. The highest BCUT2D eigenvalue weighted by Gasteiger charge is 2.28. The molecule has 5 rings (SSSR count). The van der Waals surface area contributed by atoms with E-state index in [0.29, 0.717) is 16.7 Å². The Morgan fingerprint density at radius 1 is 0.938 bits per heavy atom. The molecule has 1 amide bonds. The molecule has 0 fully saturated rings. The largest absolute Gasteiger partial charge is 0.467 e. The van der Waals surface area contributed by atoms with Crippen molar-refractivity contribution in [1.82, 2.24) is 10.3 Å². The van der Waals surface area contributed by atoms with Crippen LogP contribution in [-0.2, 0) is 16.0 Å². The van der Waals surface area contributed by atoms with Gasteiger partial charge in [0.1, 0.15) is 6.04 Å². The minimum absolute atomic E-state index is 0.103. The molecule has 0 spiro atoms. The van der Waals surface area contributed by atoms with Crippen molar-refractivity contribution >= 4 is 28.6 Å². The van der Waals surface area contributed by atoms with Crippen LogP contribution in [0.5, 0.6) is 0 Å². The van der Waals surface area contributed by atoms with Crippen LogP contribution in [0, 0.1) is 0 Å². The fourth-order valence-electron chi connectivity index (χ4n) is 4.27. The Kier molecular flexibility index (Phi) is 4.82. The number of esters is 1. The lowest BCUT2D eigenvalue weighted by Gasteiger charge is -2.16. The smallest absolute Gasteiger partial charge is 0.328 e. The maximum Gasteiger partial charge on any atom is 0.328 e. The first kappa shape index (κ1) is 19.8. The Bertz CT molecular complexity index is 1390. The number of hydrogen-bond donors (Lipinski definition) is 2.